The predicted molar refractivity (Wildman–Crippen MR) is 130 cm³/mol. The van der Waals surface area contributed by atoms with Crippen LogP contribution >= 0.6 is 0 Å². The maximum Gasteiger partial charge on any atom is 0.433 e. The van der Waals surface area contributed by atoms with Gasteiger partial charge in [-0.3, -0.25) is 9.78 Å². The van der Waals surface area contributed by atoms with Gasteiger partial charge in [0.1, 0.15) is 17.0 Å². The number of halogens is 3. The first-order chi connectivity index (χ1) is 17.8. The number of pyridine rings is 2. The summed E-state index contributed by atoms with van der Waals surface area (Å²) in [6.07, 6.45) is -2.94. The van der Waals surface area contributed by atoms with Crippen LogP contribution in [-0.4, -0.2) is 28.0 Å². The molecule has 0 saturated carbocycles. The first-order valence-electron chi connectivity index (χ1n) is 11.2. The molecule has 8 nitrogen and oxygen atoms in total. The van der Waals surface area contributed by atoms with Crippen molar-refractivity contribution in [3.05, 3.63) is 83.5 Å². The molecule has 11 heteroatoms. The Hall–Kier alpha value is -4.51. The number of amides is 1. The lowest BCUT2D eigenvalue weighted by Crippen LogP contribution is -2.24. The highest BCUT2D eigenvalue weighted by molar-refractivity contribution is 5.98. The molecule has 3 N–H and O–H groups in total. The van der Waals surface area contributed by atoms with Crippen LogP contribution in [-0.2, 0) is 19.3 Å². The first-order valence-corrected chi connectivity index (χ1v) is 11.2. The van der Waals surface area contributed by atoms with E-state index in [1.54, 1.807) is 12.3 Å². The minimum absolute atomic E-state index is 0.0142. The maximum absolute atomic E-state index is 13.3. The Morgan fingerprint density at radius 1 is 1.05 bits per heavy atom. The zero-order valence-corrected chi connectivity index (χ0v) is 19.5. The van der Waals surface area contributed by atoms with E-state index in [0.29, 0.717) is 10.9 Å². The molecule has 37 heavy (non-hydrogen) atoms. The maximum atomic E-state index is 13.3. The number of methoxy groups -OCH3 is 1. The molecule has 0 aliphatic rings. The van der Waals surface area contributed by atoms with Gasteiger partial charge in [0.25, 0.3) is 5.91 Å². The Balaban J connectivity index is 1.49. The van der Waals surface area contributed by atoms with Gasteiger partial charge in [0.05, 0.1) is 19.2 Å². The van der Waals surface area contributed by atoms with E-state index in [4.69, 9.17) is 14.9 Å². The van der Waals surface area contributed by atoms with Gasteiger partial charge >= 0.3 is 6.18 Å². The smallest absolute Gasteiger partial charge is 0.433 e. The first kappa shape index (κ1) is 24.2. The molecule has 0 aliphatic heterocycles. The molecule has 0 aliphatic carbocycles. The molecule has 188 valence electrons. The Labute approximate surface area is 208 Å². The summed E-state index contributed by atoms with van der Waals surface area (Å²) in [4.78, 5) is 25.4. The van der Waals surface area contributed by atoms with E-state index in [1.165, 1.54) is 19.2 Å². The summed E-state index contributed by atoms with van der Waals surface area (Å²) in [5.74, 6) is -0.199. The zero-order valence-electron chi connectivity index (χ0n) is 19.5. The molecule has 3 heterocycles. The van der Waals surface area contributed by atoms with Crippen LogP contribution in [0.15, 0.2) is 65.2 Å². The molecule has 0 radical (unpaired) electrons. The van der Waals surface area contributed by atoms with Crippen LogP contribution in [0, 0.1) is 0 Å². The number of hydrogen-bond donors (Lipinski definition) is 2. The number of hydrogen-bond acceptors (Lipinski definition) is 7. The molecular weight excluding hydrogens is 487 g/mol. The van der Waals surface area contributed by atoms with Crippen molar-refractivity contribution >= 4 is 27.7 Å². The van der Waals surface area contributed by atoms with Crippen molar-refractivity contribution in [2.45, 2.75) is 19.3 Å². The predicted octanol–water partition coefficient (Wildman–Crippen LogP) is 4.85. The summed E-state index contributed by atoms with van der Waals surface area (Å²) in [5, 5.41) is 4.04. The van der Waals surface area contributed by atoms with Crippen molar-refractivity contribution in [2.24, 2.45) is 5.73 Å². The molecular formula is C26H20F3N5O3. The third-order valence-corrected chi connectivity index (χ3v) is 5.83. The molecule has 5 rings (SSSR count). The zero-order chi connectivity index (χ0) is 26.2. The van der Waals surface area contributed by atoms with Crippen molar-refractivity contribution in [2.75, 3.05) is 7.11 Å². The van der Waals surface area contributed by atoms with E-state index in [9.17, 15) is 18.0 Å². The largest absolute Gasteiger partial charge is 0.494 e. The van der Waals surface area contributed by atoms with Crippen molar-refractivity contribution in [1.29, 1.82) is 0 Å². The second-order valence-electron chi connectivity index (χ2n) is 8.07. The van der Waals surface area contributed by atoms with E-state index in [2.05, 4.69) is 20.3 Å². The number of carbonyl (C=O) groups excluding carboxylic acids is 1. The highest BCUT2D eigenvalue weighted by Gasteiger charge is 2.33. The monoisotopic (exact) mass is 507 g/mol. The second kappa shape index (κ2) is 9.51. The summed E-state index contributed by atoms with van der Waals surface area (Å²) in [7, 11) is 1.34. The van der Waals surface area contributed by atoms with Gasteiger partial charge in [-0.15, -0.1) is 0 Å². The summed E-state index contributed by atoms with van der Waals surface area (Å²) in [6, 6.07) is 14.5. The summed E-state index contributed by atoms with van der Waals surface area (Å²) in [6.45, 7) is 0.0994. The Bertz CT molecular complexity index is 1630. The summed E-state index contributed by atoms with van der Waals surface area (Å²) >= 11 is 0. The lowest BCUT2D eigenvalue weighted by Gasteiger charge is -2.11. The highest BCUT2D eigenvalue weighted by Crippen LogP contribution is 2.37. The Kier molecular flexibility index (Phi) is 6.22. The number of nitrogens with two attached hydrogens (primary N) is 1. The number of carbonyl (C=O) groups is 1. The molecule has 0 unspecified atom stereocenters. The fourth-order valence-corrected chi connectivity index (χ4v) is 4.06. The van der Waals surface area contributed by atoms with Crippen LogP contribution in [0.25, 0.3) is 33.3 Å². The van der Waals surface area contributed by atoms with Crippen LogP contribution < -0.4 is 15.8 Å². The molecule has 5 aromatic rings. The molecule has 0 saturated heterocycles. The average Bonchev–Trinajstić information content (AvgIpc) is 3.34. The van der Waals surface area contributed by atoms with E-state index in [0.717, 1.165) is 22.5 Å². The number of ether oxygens (including phenoxy) is 1. The molecule has 1 amide bonds. The van der Waals surface area contributed by atoms with Gasteiger partial charge in [0.2, 0.25) is 5.89 Å². The number of nitrogens with zero attached hydrogens (tertiary/aromatic N) is 3. The van der Waals surface area contributed by atoms with Crippen LogP contribution in [0.3, 0.4) is 0 Å². The van der Waals surface area contributed by atoms with Gasteiger partial charge in [-0.1, -0.05) is 18.2 Å². The number of benzene rings is 2. The SMILES string of the molecule is COc1ccc(-c2nc(C(=O)NCc3cccc4ncccc34)c(CN)o2)c2ccc(C(F)(F)F)nc12. The lowest BCUT2D eigenvalue weighted by atomic mass is 10.1. The Morgan fingerprint density at radius 2 is 1.89 bits per heavy atom. The fourth-order valence-electron chi connectivity index (χ4n) is 4.06. The normalized spacial score (nSPS) is 11.7. The third kappa shape index (κ3) is 4.56. The molecule has 3 aromatic heterocycles. The number of oxazole rings is 1. The van der Waals surface area contributed by atoms with E-state index < -0.39 is 17.8 Å². The minimum Gasteiger partial charge on any atom is -0.494 e. The van der Waals surface area contributed by atoms with Crippen LogP contribution in [0.4, 0.5) is 13.2 Å². The van der Waals surface area contributed by atoms with Crippen LogP contribution in [0.1, 0.15) is 27.5 Å². The van der Waals surface area contributed by atoms with Gasteiger partial charge < -0.3 is 20.2 Å². The second-order valence-corrected chi connectivity index (χ2v) is 8.07. The van der Waals surface area contributed by atoms with Crippen LogP contribution in [0.2, 0.25) is 0 Å². The number of rotatable bonds is 6. The van der Waals surface area contributed by atoms with Gasteiger partial charge in [-0.05, 0) is 42.0 Å². The quantitative estimate of drug-likeness (QED) is 0.337. The molecule has 0 atom stereocenters. The fraction of sp³-hybridized carbons (Fsp3) is 0.154. The number of nitrogens with one attached hydrogen (secondary N) is 1. The van der Waals surface area contributed by atoms with Gasteiger partial charge in [-0.25, -0.2) is 9.97 Å². The highest BCUT2D eigenvalue weighted by atomic mass is 19.4. The third-order valence-electron chi connectivity index (χ3n) is 5.83. The van der Waals surface area contributed by atoms with Gasteiger partial charge in [-0.2, -0.15) is 13.2 Å². The van der Waals surface area contributed by atoms with Crippen LogP contribution in [0.5, 0.6) is 5.75 Å². The molecule has 2 aromatic carbocycles. The van der Waals surface area contributed by atoms with Crippen molar-refractivity contribution in [3.8, 4) is 17.2 Å². The minimum atomic E-state index is -4.63. The standard InChI is InChI=1S/C26H20F3N5O3/c1-36-19-9-7-17(16-8-10-21(26(27,28)29)33-22(16)19)25-34-23(20(12-30)37-25)24(35)32-13-14-4-2-6-18-15(14)5-3-11-31-18/h2-11H,12-13,30H2,1H3,(H,32,35). The van der Waals surface area contributed by atoms with E-state index in [1.807, 2.05) is 30.3 Å². The molecule has 0 bridgehead atoms. The van der Waals surface area contributed by atoms with Crippen molar-refractivity contribution in [1.82, 2.24) is 20.3 Å². The van der Waals surface area contributed by atoms with E-state index >= 15 is 0 Å². The van der Waals surface area contributed by atoms with Gasteiger partial charge in [0.15, 0.2) is 11.5 Å². The number of fused-ring (bicyclic) bond motifs is 2. The Morgan fingerprint density at radius 3 is 2.65 bits per heavy atom. The van der Waals surface area contributed by atoms with Crippen molar-refractivity contribution < 1.29 is 27.1 Å². The number of aromatic nitrogens is 3. The number of alkyl halides is 3. The summed E-state index contributed by atoms with van der Waals surface area (Å²) in [5.41, 5.74) is 6.72. The van der Waals surface area contributed by atoms with E-state index in [-0.39, 0.29) is 41.7 Å². The lowest BCUT2D eigenvalue weighted by molar-refractivity contribution is -0.140. The molecule has 0 spiro atoms. The summed E-state index contributed by atoms with van der Waals surface area (Å²) < 4.78 is 50.7. The van der Waals surface area contributed by atoms with Gasteiger partial charge in [0, 0.05) is 29.1 Å². The average molecular weight is 507 g/mol. The molecule has 0 fully saturated rings. The van der Waals surface area contributed by atoms with Crippen molar-refractivity contribution in [3.63, 3.8) is 0 Å². The topological polar surface area (TPSA) is 116 Å².